The van der Waals surface area contributed by atoms with E-state index in [1.54, 1.807) is 49.6 Å². The van der Waals surface area contributed by atoms with Crippen molar-refractivity contribution in [2.24, 2.45) is 0 Å². The smallest absolute Gasteiger partial charge is 0.407 e. The Morgan fingerprint density at radius 1 is 0.598 bits per heavy atom. The first kappa shape index (κ1) is 69.0. The molecule has 0 spiro atoms. The first-order chi connectivity index (χ1) is 39.9. The molecule has 6 N–H and O–H groups in total. The van der Waals surface area contributed by atoms with Crippen LogP contribution < -0.4 is 20.1 Å². The largest absolute Gasteiger partial charge is 0.491 e. The van der Waals surface area contributed by atoms with E-state index in [1.165, 1.54) is 7.05 Å². The zero-order chi connectivity index (χ0) is 59.0. The Balaban J connectivity index is 1.01. The Morgan fingerprint density at radius 2 is 1.06 bits per heavy atom. The Hall–Kier alpha value is -5.47. The van der Waals surface area contributed by atoms with Crippen molar-refractivity contribution >= 4 is 29.8 Å². The van der Waals surface area contributed by atoms with E-state index in [1.807, 2.05) is 0 Å². The van der Waals surface area contributed by atoms with Gasteiger partial charge in [0.2, 0.25) is 12.2 Å². The Labute approximate surface area is 477 Å². The standard InChI is InChI=1S/C55H83N3O24/c1-56-55(67)80-39-42-9-6-40(38-45(42)81-54-50(63)48(61)49(62)51(82-54)53(65)66)5-3-4-14-57-52(64)44(58-46(59)12-13-47(58)60)37-41-7-10-43(11-8-41)79-36-35-78-34-33-77-32-31-76-30-29-75-28-27-74-26-25-73-24-23-72-22-21-71-20-19-70-18-17-69-16-15-68-2/h6-13,38,44,48-51,54,61-63H,3-5,14-37,39H2,1-2H3,(H,56,67)(H,57,64)(H,65,66)/t44-,48-,49-,50+,51-,54+/m0/s1. The molecule has 0 aliphatic carbocycles. The summed E-state index contributed by atoms with van der Waals surface area (Å²) in [7, 11) is 3.00. The predicted molar refractivity (Wildman–Crippen MR) is 287 cm³/mol. The number of alkyl carbamates (subject to hydrolysis) is 1. The molecule has 2 aromatic carbocycles. The van der Waals surface area contributed by atoms with E-state index in [0.29, 0.717) is 180 Å². The van der Waals surface area contributed by atoms with E-state index in [2.05, 4.69) is 10.6 Å². The minimum absolute atomic E-state index is 0.0461. The van der Waals surface area contributed by atoms with E-state index in [4.69, 9.17) is 71.1 Å². The first-order valence-electron chi connectivity index (χ1n) is 27.3. The summed E-state index contributed by atoms with van der Waals surface area (Å²) in [6.45, 7) is 9.84. The average Bonchev–Trinajstić information content (AvgIpc) is 4.01. The van der Waals surface area contributed by atoms with Gasteiger partial charge in [-0.25, -0.2) is 9.59 Å². The lowest BCUT2D eigenvalue weighted by Crippen LogP contribution is -2.61. The first-order valence-corrected chi connectivity index (χ1v) is 27.3. The lowest BCUT2D eigenvalue weighted by molar-refractivity contribution is -0.271. The number of amides is 4. The van der Waals surface area contributed by atoms with Gasteiger partial charge in [-0.05, 0) is 48.6 Å². The number of aliphatic carboxylic acids is 1. The quantitative estimate of drug-likeness (QED) is 0.0375. The predicted octanol–water partition coefficient (Wildman–Crippen LogP) is -0.0200. The molecule has 4 rings (SSSR count). The Kier molecular flexibility index (Phi) is 35.7. The van der Waals surface area contributed by atoms with Gasteiger partial charge in [-0.1, -0.05) is 24.3 Å². The number of ether oxygens (including phenoxy) is 15. The minimum atomic E-state index is -1.92. The van der Waals surface area contributed by atoms with Gasteiger partial charge in [0.05, 0.1) is 139 Å². The molecule has 27 nitrogen and oxygen atoms in total. The van der Waals surface area contributed by atoms with Crippen molar-refractivity contribution in [3.05, 3.63) is 71.3 Å². The molecular weight excluding hydrogens is 1090 g/mol. The van der Waals surface area contributed by atoms with Crippen molar-refractivity contribution in [1.82, 2.24) is 15.5 Å². The summed E-state index contributed by atoms with van der Waals surface area (Å²) >= 11 is 0. The maximum absolute atomic E-state index is 13.6. The second-order valence-corrected chi connectivity index (χ2v) is 18.1. The van der Waals surface area contributed by atoms with E-state index in [-0.39, 0.29) is 31.9 Å². The number of carbonyl (C=O) groups is 5. The molecule has 2 aliphatic heterocycles. The van der Waals surface area contributed by atoms with Gasteiger partial charge in [0.15, 0.2) is 6.10 Å². The molecule has 27 heteroatoms. The van der Waals surface area contributed by atoms with E-state index < -0.39 is 66.5 Å². The maximum atomic E-state index is 13.6. The molecule has 0 bridgehead atoms. The molecule has 2 aromatic rings. The molecule has 0 aromatic heterocycles. The number of nitrogens with zero attached hydrogens (tertiary/aromatic N) is 1. The number of methoxy groups -OCH3 is 1. The number of unbranched alkanes of at least 4 members (excludes halogenated alkanes) is 1. The SMILES string of the molecule is CNC(=O)OCc1ccc(CCCCNC(=O)[C@H](Cc2ccc(OCCOCCOCCOCCOCCOCCOCCOCCOCCOCCOCCOC)cc2)N2C(=O)C=CC2=O)cc1O[C@@H]1O[C@H](C(=O)O)[C@@H](O)[C@H](O)[C@H]1O. The summed E-state index contributed by atoms with van der Waals surface area (Å²) in [5.74, 6) is -2.71. The lowest BCUT2D eigenvalue weighted by atomic mass is 9.99. The number of carboxylic acids is 1. The molecule has 462 valence electrons. The second kappa shape index (κ2) is 42.4. The fraction of sp³-hybridized carbons (Fsp3) is 0.655. The number of carboxylic acid groups (broad SMARTS) is 1. The van der Waals surface area contributed by atoms with Crippen molar-refractivity contribution in [3.63, 3.8) is 0 Å². The topological polar surface area (TPSA) is 332 Å². The summed E-state index contributed by atoms with van der Waals surface area (Å²) in [5.41, 5.74) is 1.71. The van der Waals surface area contributed by atoms with Gasteiger partial charge in [-0.15, -0.1) is 0 Å². The van der Waals surface area contributed by atoms with Crippen LogP contribution in [0, 0.1) is 0 Å². The molecule has 1 saturated heterocycles. The molecule has 0 saturated carbocycles. The second-order valence-electron chi connectivity index (χ2n) is 18.1. The average molecular weight is 1170 g/mol. The number of imide groups is 1. The number of rotatable bonds is 48. The highest BCUT2D eigenvalue weighted by molar-refractivity contribution is 6.15. The van der Waals surface area contributed by atoms with E-state index in [0.717, 1.165) is 17.1 Å². The summed E-state index contributed by atoms with van der Waals surface area (Å²) in [6.07, 6.45) is -6.26. The van der Waals surface area contributed by atoms with Crippen LogP contribution in [-0.4, -0.2) is 258 Å². The Bertz CT molecular complexity index is 2120. The fourth-order valence-electron chi connectivity index (χ4n) is 7.66. The van der Waals surface area contributed by atoms with Crippen LogP contribution in [0.25, 0.3) is 0 Å². The molecule has 82 heavy (non-hydrogen) atoms. The van der Waals surface area contributed by atoms with Gasteiger partial charge in [-0.2, -0.15) is 0 Å². The monoisotopic (exact) mass is 1170 g/mol. The van der Waals surface area contributed by atoms with Crippen LogP contribution in [0.4, 0.5) is 4.79 Å². The highest BCUT2D eigenvalue weighted by Gasteiger charge is 2.48. The third-order valence-electron chi connectivity index (χ3n) is 12.0. The minimum Gasteiger partial charge on any atom is -0.491 e. The van der Waals surface area contributed by atoms with Crippen molar-refractivity contribution in [1.29, 1.82) is 0 Å². The third-order valence-corrected chi connectivity index (χ3v) is 12.0. The number of nitrogens with one attached hydrogen (secondary N) is 2. The van der Waals surface area contributed by atoms with Crippen LogP contribution in [-0.2, 0) is 100 Å². The van der Waals surface area contributed by atoms with Gasteiger partial charge >= 0.3 is 12.1 Å². The van der Waals surface area contributed by atoms with Gasteiger partial charge in [0, 0.05) is 44.8 Å². The highest BCUT2D eigenvalue weighted by Crippen LogP contribution is 2.29. The molecular formula is C55H83N3O24. The molecule has 1 fully saturated rings. The molecule has 4 amide bonds. The van der Waals surface area contributed by atoms with Crippen molar-refractivity contribution in [3.8, 4) is 11.5 Å². The summed E-state index contributed by atoms with van der Waals surface area (Å²) in [4.78, 5) is 63.5. The van der Waals surface area contributed by atoms with Crippen LogP contribution in [0.2, 0.25) is 0 Å². The summed E-state index contributed by atoms with van der Waals surface area (Å²) in [6, 6.07) is 10.7. The van der Waals surface area contributed by atoms with Crippen LogP contribution in [0.3, 0.4) is 0 Å². The number of hydrogen-bond acceptors (Lipinski definition) is 23. The van der Waals surface area contributed by atoms with Gasteiger partial charge in [-0.3, -0.25) is 19.3 Å². The number of aryl methyl sites for hydroxylation is 1. The molecule has 0 radical (unpaired) electrons. The van der Waals surface area contributed by atoms with Gasteiger partial charge < -0.3 is 102 Å². The molecule has 6 atom stereocenters. The molecule has 0 unspecified atom stereocenters. The van der Waals surface area contributed by atoms with Gasteiger partial charge in [0.25, 0.3) is 11.8 Å². The normalized spacial score (nSPS) is 18.2. The zero-order valence-electron chi connectivity index (χ0n) is 46.9. The summed E-state index contributed by atoms with van der Waals surface area (Å²) in [5, 5.41) is 45.6. The van der Waals surface area contributed by atoms with Crippen LogP contribution >= 0.6 is 0 Å². The van der Waals surface area contributed by atoms with Crippen molar-refractivity contribution < 1.29 is 115 Å². The Morgan fingerprint density at radius 3 is 1.52 bits per heavy atom. The number of benzene rings is 2. The third kappa shape index (κ3) is 27.7. The number of aliphatic hydroxyl groups is 3. The molecule has 2 aliphatic rings. The van der Waals surface area contributed by atoms with Gasteiger partial charge in [0.1, 0.15) is 49.1 Å². The lowest BCUT2D eigenvalue weighted by Gasteiger charge is -2.38. The van der Waals surface area contributed by atoms with E-state index >= 15 is 0 Å². The fourth-order valence-corrected chi connectivity index (χ4v) is 7.66. The zero-order valence-corrected chi connectivity index (χ0v) is 46.9. The number of aliphatic hydroxyl groups excluding tert-OH is 3. The number of carbonyl (C=O) groups excluding carboxylic acids is 4. The van der Waals surface area contributed by atoms with Crippen LogP contribution in [0.1, 0.15) is 29.5 Å². The number of hydrogen-bond donors (Lipinski definition) is 6. The van der Waals surface area contributed by atoms with E-state index in [9.17, 15) is 44.4 Å². The maximum Gasteiger partial charge on any atom is 0.407 e. The van der Waals surface area contributed by atoms with Crippen molar-refractivity contribution in [2.45, 2.75) is 69.0 Å². The van der Waals surface area contributed by atoms with Crippen LogP contribution in [0.15, 0.2) is 54.6 Å². The van der Waals surface area contributed by atoms with Crippen LogP contribution in [0.5, 0.6) is 11.5 Å². The summed E-state index contributed by atoms with van der Waals surface area (Å²) < 4.78 is 81.8. The molecule has 2 heterocycles. The van der Waals surface area contributed by atoms with Crippen molar-refractivity contribution in [2.75, 3.05) is 166 Å². The highest BCUT2D eigenvalue weighted by atomic mass is 16.7.